The molecule has 0 aliphatic carbocycles. The Kier molecular flexibility index (Phi) is 3.65. The number of halogens is 3. The molecule has 0 amide bonds. The van der Waals surface area contributed by atoms with Crippen LogP contribution in [0.2, 0.25) is 0 Å². The van der Waals surface area contributed by atoms with Crippen molar-refractivity contribution in [1.82, 2.24) is 14.8 Å². The maximum Gasteiger partial charge on any atom is 0.417 e. The highest BCUT2D eigenvalue weighted by Gasteiger charge is 2.31. The van der Waals surface area contributed by atoms with Crippen molar-refractivity contribution >= 4 is 0 Å². The molecule has 2 aromatic rings. The lowest BCUT2D eigenvalue weighted by Gasteiger charge is -2.11. The van der Waals surface area contributed by atoms with Crippen molar-refractivity contribution in [3.05, 3.63) is 46.0 Å². The van der Waals surface area contributed by atoms with Crippen LogP contribution in [0.4, 0.5) is 13.2 Å². The van der Waals surface area contributed by atoms with Crippen molar-refractivity contribution in [2.24, 2.45) is 0 Å². The van der Waals surface area contributed by atoms with Gasteiger partial charge in [-0.3, -0.25) is 4.79 Å². The standard InChI is InChI=1S/C13H14F3N3O2/c1-12(2,3)11-18-17-9(21-11)7-19-6-8(13(14,15)16)4-5-10(19)20/h4-6H,7H2,1-3H3. The van der Waals surface area contributed by atoms with E-state index in [0.29, 0.717) is 5.89 Å². The highest BCUT2D eigenvalue weighted by molar-refractivity contribution is 5.14. The van der Waals surface area contributed by atoms with E-state index < -0.39 is 17.3 Å². The largest absolute Gasteiger partial charge is 0.423 e. The second kappa shape index (κ2) is 5.01. The second-order valence-electron chi connectivity index (χ2n) is 5.63. The number of alkyl halides is 3. The van der Waals surface area contributed by atoms with Crippen LogP contribution in [0.25, 0.3) is 0 Å². The fraction of sp³-hybridized carbons (Fsp3) is 0.462. The van der Waals surface area contributed by atoms with Gasteiger partial charge in [-0.1, -0.05) is 20.8 Å². The minimum atomic E-state index is -4.51. The molecule has 0 aliphatic heterocycles. The highest BCUT2D eigenvalue weighted by Crippen LogP contribution is 2.28. The molecule has 0 saturated heterocycles. The molecule has 0 unspecified atom stereocenters. The van der Waals surface area contributed by atoms with E-state index in [1.54, 1.807) is 0 Å². The van der Waals surface area contributed by atoms with Crippen LogP contribution in [-0.2, 0) is 18.1 Å². The molecule has 0 saturated carbocycles. The summed E-state index contributed by atoms with van der Waals surface area (Å²) in [5.74, 6) is 0.443. The first-order chi connectivity index (χ1) is 9.57. The Labute approximate surface area is 118 Å². The third-order valence-corrected chi connectivity index (χ3v) is 2.72. The number of pyridine rings is 1. The smallest absolute Gasteiger partial charge is 0.417 e. The summed E-state index contributed by atoms with van der Waals surface area (Å²) in [4.78, 5) is 11.6. The van der Waals surface area contributed by atoms with Gasteiger partial charge < -0.3 is 8.98 Å². The van der Waals surface area contributed by atoms with E-state index in [1.165, 1.54) is 0 Å². The molecule has 21 heavy (non-hydrogen) atoms. The number of hydrogen-bond acceptors (Lipinski definition) is 4. The predicted molar refractivity (Wildman–Crippen MR) is 67.8 cm³/mol. The molecule has 5 nitrogen and oxygen atoms in total. The summed E-state index contributed by atoms with van der Waals surface area (Å²) in [6.45, 7) is 5.38. The first kappa shape index (κ1) is 15.3. The SMILES string of the molecule is CC(C)(C)c1nnc(Cn2cc(C(F)(F)F)ccc2=O)o1. The van der Waals surface area contributed by atoms with Crippen LogP contribution in [-0.4, -0.2) is 14.8 Å². The zero-order chi connectivity index (χ0) is 15.8. The molecule has 114 valence electrons. The summed E-state index contributed by atoms with van der Waals surface area (Å²) in [6.07, 6.45) is -3.77. The molecule has 8 heteroatoms. The van der Waals surface area contributed by atoms with Gasteiger partial charge in [0.15, 0.2) is 0 Å². The average molecular weight is 301 g/mol. The summed E-state index contributed by atoms with van der Waals surface area (Å²) < 4.78 is 44.2. The summed E-state index contributed by atoms with van der Waals surface area (Å²) in [6, 6.07) is 1.61. The van der Waals surface area contributed by atoms with Crippen LogP contribution in [0, 0.1) is 0 Å². The molecule has 0 fully saturated rings. The van der Waals surface area contributed by atoms with Gasteiger partial charge in [0, 0.05) is 17.7 Å². The molecule has 2 heterocycles. The summed E-state index contributed by atoms with van der Waals surface area (Å²) in [5, 5.41) is 7.58. The molecule has 2 rings (SSSR count). The quantitative estimate of drug-likeness (QED) is 0.855. The van der Waals surface area contributed by atoms with Crippen LogP contribution in [0.1, 0.15) is 38.1 Å². The third-order valence-electron chi connectivity index (χ3n) is 2.72. The van der Waals surface area contributed by atoms with Crippen molar-refractivity contribution < 1.29 is 17.6 Å². The number of hydrogen-bond donors (Lipinski definition) is 0. The number of aromatic nitrogens is 3. The topological polar surface area (TPSA) is 60.9 Å². The van der Waals surface area contributed by atoms with Gasteiger partial charge in [-0.25, -0.2) is 0 Å². The summed E-state index contributed by atoms with van der Waals surface area (Å²) >= 11 is 0. The van der Waals surface area contributed by atoms with Gasteiger partial charge in [-0.15, -0.1) is 10.2 Å². The average Bonchev–Trinajstić information content (AvgIpc) is 2.79. The van der Waals surface area contributed by atoms with Crippen LogP contribution < -0.4 is 5.56 Å². The lowest BCUT2D eigenvalue weighted by molar-refractivity contribution is -0.138. The Bertz CT molecular complexity index is 696. The van der Waals surface area contributed by atoms with Crippen LogP contribution >= 0.6 is 0 Å². The van der Waals surface area contributed by atoms with E-state index >= 15 is 0 Å². The molecular formula is C13H14F3N3O2. The van der Waals surface area contributed by atoms with Crippen LogP contribution in [0.3, 0.4) is 0 Å². The third kappa shape index (κ3) is 3.50. The first-order valence-electron chi connectivity index (χ1n) is 6.18. The molecule has 0 N–H and O–H groups in total. The van der Waals surface area contributed by atoms with Gasteiger partial charge in [-0.2, -0.15) is 13.2 Å². The lowest BCUT2D eigenvalue weighted by Crippen LogP contribution is -2.22. The molecular weight excluding hydrogens is 287 g/mol. The predicted octanol–water partition coefficient (Wildman–Crippen LogP) is 2.60. The molecule has 0 atom stereocenters. The molecule has 0 aromatic carbocycles. The van der Waals surface area contributed by atoms with Crippen molar-refractivity contribution in [2.75, 3.05) is 0 Å². The molecule has 0 spiro atoms. The number of nitrogens with zero attached hydrogens (tertiary/aromatic N) is 3. The second-order valence-corrected chi connectivity index (χ2v) is 5.63. The van der Waals surface area contributed by atoms with E-state index in [1.807, 2.05) is 20.8 Å². The Morgan fingerprint density at radius 1 is 1.19 bits per heavy atom. The lowest BCUT2D eigenvalue weighted by atomic mass is 9.97. The van der Waals surface area contributed by atoms with Gasteiger partial charge in [-0.05, 0) is 6.07 Å². The van der Waals surface area contributed by atoms with Crippen LogP contribution in [0.15, 0.2) is 27.5 Å². The van der Waals surface area contributed by atoms with Crippen molar-refractivity contribution in [3.63, 3.8) is 0 Å². The Morgan fingerprint density at radius 2 is 1.86 bits per heavy atom. The van der Waals surface area contributed by atoms with Gasteiger partial charge in [0.1, 0.15) is 6.54 Å². The first-order valence-corrected chi connectivity index (χ1v) is 6.18. The molecule has 0 radical (unpaired) electrons. The van der Waals surface area contributed by atoms with Crippen LogP contribution in [0.5, 0.6) is 0 Å². The minimum absolute atomic E-state index is 0.0846. The van der Waals surface area contributed by atoms with Gasteiger partial charge in [0.2, 0.25) is 11.8 Å². The van der Waals surface area contributed by atoms with E-state index in [4.69, 9.17) is 4.42 Å². The zero-order valence-electron chi connectivity index (χ0n) is 11.7. The van der Waals surface area contributed by atoms with Crippen molar-refractivity contribution in [3.8, 4) is 0 Å². The van der Waals surface area contributed by atoms with Gasteiger partial charge in [0.25, 0.3) is 5.56 Å². The van der Waals surface area contributed by atoms with E-state index in [9.17, 15) is 18.0 Å². The Morgan fingerprint density at radius 3 is 2.38 bits per heavy atom. The van der Waals surface area contributed by atoms with Crippen molar-refractivity contribution in [2.45, 2.75) is 38.9 Å². The maximum atomic E-state index is 12.6. The Balaban J connectivity index is 2.31. The number of rotatable bonds is 2. The van der Waals surface area contributed by atoms with E-state index in [2.05, 4.69) is 10.2 Å². The summed E-state index contributed by atoms with van der Waals surface area (Å²) in [5.41, 5.74) is -1.85. The van der Waals surface area contributed by atoms with Crippen molar-refractivity contribution in [1.29, 1.82) is 0 Å². The normalized spacial score (nSPS) is 12.7. The Hall–Kier alpha value is -2.12. The van der Waals surface area contributed by atoms with Gasteiger partial charge >= 0.3 is 6.18 Å². The molecule has 0 bridgehead atoms. The fourth-order valence-electron chi connectivity index (χ4n) is 1.59. The van der Waals surface area contributed by atoms with E-state index in [-0.39, 0.29) is 17.9 Å². The molecule has 0 aliphatic rings. The zero-order valence-corrected chi connectivity index (χ0v) is 11.7. The summed E-state index contributed by atoms with van der Waals surface area (Å²) in [7, 11) is 0. The minimum Gasteiger partial charge on any atom is -0.423 e. The maximum absolute atomic E-state index is 12.6. The fourth-order valence-corrected chi connectivity index (χ4v) is 1.59. The van der Waals surface area contributed by atoms with E-state index in [0.717, 1.165) is 22.9 Å². The van der Waals surface area contributed by atoms with Gasteiger partial charge in [0.05, 0.1) is 5.56 Å². The monoisotopic (exact) mass is 301 g/mol. The highest BCUT2D eigenvalue weighted by atomic mass is 19.4. The molecule has 2 aromatic heterocycles.